The molecule has 0 aromatic carbocycles. The first kappa shape index (κ1) is 11.9. The molecule has 4 fully saturated rings. The molecule has 3 heterocycles. The van der Waals surface area contributed by atoms with E-state index in [1.54, 1.807) is 7.11 Å². The smallest absolute Gasteiger partial charge is 0.307 e. The summed E-state index contributed by atoms with van der Waals surface area (Å²) in [5, 5.41) is 0. The van der Waals surface area contributed by atoms with Crippen molar-refractivity contribution in [1.29, 1.82) is 0 Å². The van der Waals surface area contributed by atoms with Crippen molar-refractivity contribution in [2.45, 2.75) is 55.9 Å². The molecule has 104 valence electrons. The van der Waals surface area contributed by atoms with Gasteiger partial charge in [0.1, 0.15) is 11.9 Å². The molecule has 0 amide bonds. The summed E-state index contributed by atoms with van der Waals surface area (Å²) in [5.41, 5.74) is -0.669. The van der Waals surface area contributed by atoms with Crippen molar-refractivity contribution in [1.82, 2.24) is 4.90 Å². The molecule has 5 atom stereocenters. The van der Waals surface area contributed by atoms with Crippen molar-refractivity contribution in [3.63, 3.8) is 0 Å². The van der Waals surface area contributed by atoms with Crippen LogP contribution in [0.25, 0.3) is 0 Å². The van der Waals surface area contributed by atoms with E-state index in [0.29, 0.717) is 12.5 Å². The average molecular weight is 265 g/mol. The van der Waals surface area contributed by atoms with Gasteiger partial charge >= 0.3 is 5.97 Å². The van der Waals surface area contributed by atoms with Crippen molar-refractivity contribution in [2.75, 3.05) is 13.7 Å². The lowest BCUT2D eigenvalue weighted by Gasteiger charge is -2.55. The van der Waals surface area contributed by atoms with Gasteiger partial charge in [0.25, 0.3) is 0 Å². The number of rotatable bonds is 1. The molecule has 3 aliphatic heterocycles. The molecule has 19 heavy (non-hydrogen) atoms. The molecule has 1 spiro atoms. The van der Waals surface area contributed by atoms with Crippen LogP contribution in [0.2, 0.25) is 0 Å². The van der Waals surface area contributed by atoms with E-state index in [2.05, 4.69) is 4.90 Å². The molecule has 0 aromatic rings. The fourth-order valence-corrected chi connectivity index (χ4v) is 4.93. The number of methoxy groups -OCH3 is 1. The predicted molar refractivity (Wildman–Crippen MR) is 65.5 cm³/mol. The fraction of sp³-hybridized carbons (Fsp3) is 0.857. The number of ketones is 1. The largest absolute Gasteiger partial charge is 0.455 e. The van der Waals surface area contributed by atoms with Crippen LogP contribution in [0.3, 0.4) is 0 Å². The Kier molecular flexibility index (Phi) is 2.37. The first-order valence-corrected chi connectivity index (χ1v) is 7.19. The number of piperidine rings is 1. The third kappa shape index (κ3) is 1.37. The van der Waals surface area contributed by atoms with Crippen molar-refractivity contribution >= 4 is 11.8 Å². The van der Waals surface area contributed by atoms with E-state index in [1.807, 2.05) is 0 Å². The highest BCUT2D eigenvalue weighted by molar-refractivity contribution is 5.91. The lowest BCUT2D eigenvalue weighted by molar-refractivity contribution is -0.205. The fourth-order valence-electron chi connectivity index (χ4n) is 4.93. The summed E-state index contributed by atoms with van der Waals surface area (Å²) in [7, 11) is 1.68. The van der Waals surface area contributed by atoms with Gasteiger partial charge in [-0.1, -0.05) is 0 Å². The van der Waals surface area contributed by atoms with E-state index in [4.69, 9.17) is 9.47 Å². The highest BCUT2D eigenvalue weighted by Crippen LogP contribution is 2.52. The van der Waals surface area contributed by atoms with Crippen molar-refractivity contribution in [3.8, 4) is 0 Å². The Morgan fingerprint density at radius 1 is 1.37 bits per heavy atom. The standard InChI is InChI=1S/C14H19NO4/c1-18-13-10-3-2-4-15(10)8-5-11(16)9-6-12(17)19-14(9,13)7-8/h8-10,13H,2-7H2,1H3/t8-,9-,10-,13-,14+/m0/s1. The minimum atomic E-state index is -0.669. The van der Waals surface area contributed by atoms with Crippen molar-refractivity contribution in [3.05, 3.63) is 0 Å². The Balaban J connectivity index is 1.81. The molecule has 5 heteroatoms. The Labute approximate surface area is 112 Å². The molecule has 3 saturated heterocycles. The number of ether oxygens (including phenoxy) is 2. The summed E-state index contributed by atoms with van der Waals surface area (Å²) >= 11 is 0. The monoisotopic (exact) mass is 265 g/mol. The lowest BCUT2D eigenvalue weighted by Crippen LogP contribution is -2.69. The predicted octanol–water partition coefficient (Wildman–Crippen LogP) is 0.513. The highest BCUT2D eigenvalue weighted by Gasteiger charge is 2.67. The van der Waals surface area contributed by atoms with Gasteiger partial charge in [0.2, 0.25) is 0 Å². The van der Waals surface area contributed by atoms with Gasteiger partial charge in [-0.2, -0.15) is 0 Å². The van der Waals surface area contributed by atoms with Crippen LogP contribution in [-0.2, 0) is 19.1 Å². The second-order valence-electron chi connectivity index (χ2n) is 6.32. The summed E-state index contributed by atoms with van der Waals surface area (Å²) < 4.78 is 11.4. The van der Waals surface area contributed by atoms with Gasteiger partial charge in [-0.3, -0.25) is 14.5 Å². The summed E-state index contributed by atoms with van der Waals surface area (Å²) in [6.07, 6.45) is 3.67. The minimum Gasteiger partial charge on any atom is -0.455 e. The van der Waals surface area contributed by atoms with E-state index < -0.39 is 5.60 Å². The maximum atomic E-state index is 12.4. The normalized spacial score (nSPS) is 48.9. The molecule has 0 unspecified atom stereocenters. The number of Topliss-reactive ketones (excluding diaryl/α,β-unsaturated/α-hetero) is 1. The Morgan fingerprint density at radius 3 is 3.00 bits per heavy atom. The van der Waals surface area contributed by atoms with Crippen molar-refractivity contribution < 1.29 is 19.1 Å². The van der Waals surface area contributed by atoms with Crippen LogP contribution in [0.4, 0.5) is 0 Å². The Morgan fingerprint density at radius 2 is 2.21 bits per heavy atom. The molecule has 0 N–H and O–H groups in total. The van der Waals surface area contributed by atoms with Gasteiger partial charge in [-0.25, -0.2) is 0 Å². The third-order valence-electron chi connectivity index (χ3n) is 5.54. The zero-order valence-electron chi connectivity index (χ0n) is 11.1. The average Bonchev–Trinajstić information content (AvgIpc) is 2.95. The molecule has 4 aliphatic rings. The molecular formula is C14H19NO4. The van der Waals surface area contributed by atoms with Crippen LogP contribution in [0.15, 0.2) is 0 Å². The second-order valence-corrected chi connectivity index (χ2v) is 6.32. The van der Waals surface area contributed by atoms with Crippen LogP contribution in [0.1, 0.15) is 32.1 Å². The molecule has 1 saturated carbocycles. The van der Waals surface area contributed by atoms with Gasteiger partial charge in [0, 0.05) is 32.0 Å². The van der Waals surface area contributed by atoms with E-state index in [1.165, 1.54) is 0 Å². The number of esters is 1. The molecule has 0 radical (unpaired) electrons. The number of carbonyl (C=O) groups excluding carboxylic acids is 2. The van der Waals surface area contributed by atoms with E-state index >= 15 is 0 Å². The maximum absolute atomic E-state index is 12.4. The zero-order chi connectivity index (χ0) is 13.2. The molecule has 4 rings (SSSR count). The van der Waals surface area contributed by atoms with Crippen LogP contribution in [0.5, 0.6) is 0 Å². The molecular weight excluding hydrogens is 246 g/mol. The van der Waals surface area contributed by atoms with Gasteiger partial charge in [-0.05, 0) is 19.4 Å². The van der Waals surface area contributed by atoms with Crippen LogP contribution < -0.4 is 0 Å². The topological polar surface area (TPSA) is 55.8 Å². The van der Waals surface area contributed by atoms with Gasteiger partial charge in [0.15, 0.2) is 5.60 Å². The third-order valence-corrected chi connectivity index (χ3v) is 5.54. The first-order valence-electron chi connectivity index (χ1n) is 7.19. The lowest BCUT2D eigenvalue weighted by atomic mass is 9.65. The SMILES string of the molecule is CO[C@H]1[C@@H]2CCCN2[C@H]2CC(=O)[C@@H]3CC(=O)O[C@]31C2. The van der Waals surface area contributed by atoms with Crippen molar-refractivity contribution in [2.24, 2.45) is 5.92 Å². The maximum Gasteiger partial charge on any atom is 0.307 e. The van der Waals surface area contributed by atoms with E-state index in [9.17, 15) is 9.59 Å². The highest BCUT2D eigenvalue weighted by atomic mass is 16.6. The number of nitrogens with zero attached hydrogens (tertiary/aromatic N) is 1. The van der Waals surface area contributed by atoms with Crippen LogP contribution in [-0.4, -0.2) is 54.1 Å². The Bertz CT molecular complexity index is 451. The van der Waals surface area contributed by atoms with Crippen LogP contribution >= 0.6 is 0 Å². The Hall–Kier alpha value is -0.940. The quantitative estimate of drug-likeness (QED) is 0.647. The molecule has 5 nitrogen and oxygen atoms in total. The number of fused-ring (bicyclic) bond motifs is 3. The van der Waals surface area contributed by atoms with Gasteiger partial charge in [-0.15, -0.1) is 0 Å². The summed E-state index contributed by atoms with van der Waals surface area (Å²) in [6.45, 7) is 1.04. The minimum absolute atomic E-state index is 0.146. The van der Waals surface area contributed by atoms with E-state index in [-0.39, 0.29) is 36.2 Å². The first-order chi connectivity index (χ1) is 9.15. The molecule has 0 aromatic heterocycles. The summed E-state index contributed by atoms with van der Waals surface area (Å²) in [4.78, 5) is 26.5. The van der Waals surface area contributed by atoms with E-state index in [0.717, 1.165) is 25.8 Å². The van der Waals surface area contributed by atoms with Gasteiger partial charge < -0.3 is 9.47 Å². The molecule has 2 bridgehead atoms. The van der Waals surface area contributed by atoms with Gasteiger partial charge in [0.05, 0.1) is 12.3 Å². The summed E-state index contributed by atoms with van der Waals surface area (Å²) in [6, 6.07) is 0.554. The number of carbonyl (C=O) groups is 2. The number of hydrogen-bond donors (Lipinski definition) is 0. The number of hydrogen-bond acceptors (Lipinski definition) is 5. The van der Waals surface area contributed by atoms with Crippen LogP contribution in [0, 0.1) is 5.92 Å². The molecule has 1 aliphatic carbocycles. The zero-order valence-corrected chi connectivity index (χ0v) is 11.1. The second kappa shape index (κ2) is 3.79. The summed E-state index contributed by atoms with van der Waals surface area (Å²) in [5.74, 6) is -0.314.